The van der Waals surface area contributed by atoms with Crippen molar-refractivity contribution in [1.29, 1.82) is 0 Å². The van der Waals surface area contributed by atoms with Gasteiger partial charge in [-0.1, -0.05) is 26.8 Å². The number of hydrogen-bond donors (Lipinski definition) is 0. The van der Waals surface area contributed by atoms with Gasteiger partial charge in [-0.2, -0.15) is 0 Å². The van der Waals surface area contributed by atoms with Crippen LogP contribution in [-0.4, -0.2) is 17.5 Å². The Bertz CT molecular complexity index is 343. The Morgan fingerprint density at radius 1 is 1.38 bits per heavy atom. The minimum absolute atomic E-state index is 0.0258. The monoisotopic (exact) mass is 222 g/mol. The van der Waals surface area contributed by atoms with Gasteiger partial charge < -0.3 is 4.74 Å². The third kappa shape index (κ3) is 1.64. The predicted molar refractivity (Wildman–Crippen MR) is 64.2 cm³/mol. The fourth-order valence-electron chi connectivity index (χ4n) is 3.17. The van der Waals surface area contributed by atoms with Crippen molar-refractivity contribution in [3.8, 4) is 0 Å². The van der Waals surface area contributed by atoms with E-state index in [4.69, 9.17) is 4.74 Å². The number of epoxide rings is 1. The van der Waals surface area contributed by atoms with Crippen molar-refractivity contribution in [2.75, 3.05) is 0 Å². The Labute approximate surface area is 98.1 Å². The van der Waals surface area contributed by atoms with E-state index in [0.29, 0.717) is 17.9 Å². The second-order valence-corrected chi connectivity index (χ2v) is 6.20. The van der Waals surface area contributed by atoms with Crippen LogP contribution in [0.25, 0.3) is 0 Å². The summed E-state index contributed by atoms with van der Waals surface area (Å²) >= 11 is 0. The van der Waals surface area contributed by atoms with E-state index >= 15 is 0 Å². The fraction of sp³-hybridized carbons (Fsp3) is 0.786. The molecule has 1 heterocycles. The molecule has 2 rings (SSSR count). The molecular weight excluding hydrogens is 200 g/mol. The predicted octanol–water partition coefficient (Wildman–Crippen LogP) is 2.97. The molecule has 16 heavy (non-hydrogen) atoms. The lowest BCUT2D eigenvalue weighted by Crippen LogP contribution is -2.44. The van der Waals surface area contributed by atoms with Crippen LogP contribution in [0.1, 0.15) is 41.0 Å². The molecule has 0 aromatic heterocycles. The molecule has 0 spiro atoms. The number of carbonyl (C=O) groups excluding carboxylic acids is 1. The first-order valence-electron chi connectivity index (χ1n) is 6.15. The van der Waals surface area contributed by atoms with Gasteiger partial charge >= 0.3 is 0 Å². The molecule has 1 saturated heterocycles. The summed E-state index contributed by atoms with van der Waals surface area (Å²) in [6.45, 7) is 10.6. The number of ketones is 1. The molecule has 0 radical (unpaired) electrons. The molecule has 0 N–H and O–H groups in total. The third-order valence-electron chi connectivity index (χ3n) is 4.76. The molecular formula is C14H22O2. The Balaban J connectivity index is 2.27. The van der Waals surface area contributed by atoms with Gasteiger partial charge in [0.1, 0.15) is 0 Å². The van der Waals surface area contributed by atoms with Gasteiger partial charge in [0.05, 0.1) is 11.7 Å². The third-order valence-corrected chi connectivity index (χ3v) is 4.76. The van der Waals surface area contributed by atoms with Gasteiger partial charge in [-0.15, -0.1) is 0 Å². The Morgan fingerprint density at radius 3 is 2.56 bits per heavy atom. The lowest BCUT2D eigenvalue weighted by atomic mass is 9.59. The largest absolute Gasteiger partial charge is 0.366 e. The highest BCUT2D eigenvalue weighted by Crippen LogP contribution is 2.60. The molecule has 2 fully saturated rings. The molecule has 4 atom stereocenters. The maximum Gasteiger partial charge on any atom is 0.152 e. The van der Waals surface area contributed by atoms with E-state index in [1.807, 2.05) is 0 Å². The molecule has 0 bridgehead atoms. The van der Waals surface area contributed by atoms with Gasteiger partial charge in [0, 0.05) is 5.92 Å². The highest BCUT2D eigenvalue weighted by molar-refractivity contribution is 5.87. The fourth-order valence-corrected chi connectivity index (χ4v) is 3.17. The summed E-state index contributed by atoms with van der Waals surface area (Å²) in [5.74, 6) is 1.10. The summed E-state index contributed by atoms with van der Waals surface area (Å²) in [6, 6.07) is 0. The lowest BCUT2D eigenvalue weighted by molar-refractivity contribution is -0.112. The van der Waals surface area contributed by atoms with E-state index in [9.17, 15) is 4.79 Å². The van der Waals surface area contributed by atoms with Crippen LogP contribution >= 0.6 is 0 Å². The minimum atomic E-state index is -0.0258. The van der Waals surface area contributed by atoms with Crippen molar-refractivity contribution in [3.05, 3.63) is 12.2 Å². The first-order chi connectivity index (χ1) is 7.28. The maximum absolute atomic E-state index is 11.1. The molecule has 2 heteroatoms. The van der Waals surface area contributed by atoms with E-state index < -0.39 is 0 Å². The molecule has 90 valence electrons. The highest BCUT2D eigenvalue weighted by atomic mass is 16.6. The number of rotatable bonds is 2. The number of ether oxygens (including phenoxy) is 1. The Hall–Kier alpha value is -0.630. The molecule has 2 nitrogen and oxygen atoms in total. The van der Waals surface area contributed by atoms with Crippen LogP contribution in [0.2, 0.25) is 0 Å². The van der Waals surface area contributed by atoms with Crippen LogP contribution in [0.4, 0.5) is 0 Å². The van der Waals surface area contributed by atoms with Crippen molar-refractivity contribution >= 4 is 5.78 Å². The summed E-state index contributed by atoms with van der Waals surface area (Å²) in [5.41, 5.74) is 0.176. The van der Waals surface area contributed by atoms with E-state index in [2.05, 4.69) is 33.8 Å². The molecule has 2 aliphatic rings. The zero-order valence-corrected chi connectivity index (χ0v) is 10.9. The molecule has 1 aliphatic carbocycles. The molecule has 0 amide bonds. The zero-order valence-electron chi connectivity index (χ0n) is 10.9. The maximum atomic E-state index is 11.1. The first kappa shape index (κ1) is 11.8. The van der Waals surface area contributed by atoms with Crippen LogP contribution in [-0.2, 0) is 9.53 Å². The van der Waals surface area contributed by atoms with E-state index in [-0.39, 0.29) is 16.8 Å². The SMILES string of the molecule is CC(=O)/C=C/[C@H]1C(C)(C)[C@H](C)C[C@H]2O[C@]21C. The molecule has 1 aliphatic heterocycles. The summed E-state index contributed by atoms with van der Waals surface area (Å²) in [6.07, 6.45) is 5.32. The normalized spacial score (nSPS) is 45.4. The van der Waals surface area contributed by atoms with Crippen molar-refractivity contribution in [1.82, 2.24) is 0 Å². The van der Waals surface area contributed by atoms with Gasteiger partial charge in [0.15, 0.2) is 5.78 Å². The standard InChI is InChI=1S/C14H22O2/c1-9-8-12-14(5,16-12)11(13(9,3)4)7-6-10(2)15/h6-7,9,11-12H,8H2,1-5H3/b7-6+/t9-,11+,12-,14+/m1/s1. The van der Waals surface area contributed by atoms with Gasteiger partial charge in [-0.25, -0.2) is 0 Å². The topological polar surface area (TPSA) is 29.6 Å². The number of fused-ring (bicyclic) bond motifs is 1. The van der Waals surface area contributed by atoms with Crippen molar-refractivity contribution < 1.29 is 9.53 Å². The van der Waals surface area contributed by atoms with Crippen molar-refractivity contribution in [3.63, 3.8) is 0 Å². The molecule has 0 aromatic rings. The van der Waals surface area contributed by atoms with E-state index in [0.717, 1.165) is 6.42 Å². The van der Waals surface area contributed by atoms with E-state index in [1.54, 1.807) is 13.0 Å². The number of hydrogen-bond acceptors (Lipinski definition) is 2. The number of allylic oxidation sites excluding steroid dienone is 1. The second-order valence-electron chi connectivity index (χ2n) is 6.20. The average Bonchev–Trinajstić information content (AvgIpc) is 2.75. The summed E-state index contributed by atoms with van der Waals surface area (Å²) < 4.78 is 5.85. The molecule has 0 unspecified atom stereocenters. The number of carbonyl (C=O) groups is 1. The quantitative estimate of drug-likeness (QED) is 0.531. The van der Waals surface area contributed by atoms with Gasteiger partial charge in [-0.3, -0.25) is 4.79 Å². The van der Waals surface area contributed by atoms with Gasteiger partial charge in [0.25, 0.3) is 0 Å². The van der Waals surface area contributed by atoms with Gasteiger partial charge in [-0.05, 0) is 37.7 Å². The zero-order chi connectivity index (χ0) is 12.1. The summed E-state index contributed by atoms with van der Waals surface area (Å²) in [4.78, 5) is 11.1. The lowest BCUT2D eigenvalue weighted by Gasteiger charge is -2.43. The smallest absolute Gasteiger partial charge is 0.152 e. The summed E-state index contributed by atoms with van der Waals surface area (Å²) in [5, 5.41) is 0. The van der Waals surface area contributed by atoms with E-state index in [1.165, 1.54) is 0 Å². The Kier molecular flexibility index (Phi) is 2.54. The van der Waals surface area contributed by atoms with Crippen LogP contribution in [0.5, 0.6) is 0 Å². The summed E-state index contributed by atoms with van der Waals surface area (Å²) in [7, 11) is 0. The van der Waals surface area contributed by atoms with Crippen LogP contribution < -0.4 is 0 Å². The van der Waals surface area contributed by atoms with Crippen molar-refractivity contribution in [2.45, 2.75) is 52.7 Å². The first-order valence-corrected chi connectivity index (χ1v) is 6.15. The second kappa shape index (κ2) is 3.43. The van der Waals surface area contributed by atoms with Crippen LogP contribution in [0.15, 0.2) is 12.2 Å². The molecule has 1 saturated carbocycles. The van der Waals surface area contributed by atoms with Crippen LogP contribution in [0, 0.1) is 17.3 Å². The Morgan fingerprint density at radius 2 is 2.00 bits per heavy atom. The van der Waals surface area contributed by atoms with Gasteiger partial charge in [0.2, 0.25) is 0 Å². The highest BCUT2D eigenvalue weighted by Gasteiger charge is 2.65. The van der Waals surface area contributed by atoms with Crippen LogP contribution in [0.3, 0.4) is 0 Å². The molecule has 0 aromatic carbocycles. The average molecular weight is 222 g/mol. The van der Waals surface area contributed by atoms with Crippen molar-refractivity contribution in [2.24, 2.45) is 17.3 Å². The minimum Gasteiger partial charge on any atom is -0.366 e.